The van der Waals surface area contributed by atoms with Gasteiger partial charge in [0, 0.05) is 13.0 Å². The van der Waals surface area contributed by atoms with Crippen LogP contribution in [0.1, 0.15) is 16.8 Å². The summed E-state index contributed by atoms with van der Waals surface area (Å²) in [5.41, 5.74) is 0.419. The number of esters is 1. The summed E-state index contributed by atoms with van der Waals surface area (Å²) in [6, 6.07) is 6.36. The lowest BCUT2D eigenvalue weighted by Crippen LogP contribution is -2.28. The minimum Gasteiger partial charge on any atom is -0.478 e. The molecule has 0 spiro atoms. The van der Waals surface area contributed by atoms with Crippen LogP contribution in [-0.4, -0.2) is 43.7 Å². The van der Waals surface area contributed by atoms with Crippen LogP contribution in [0, 0.1) is 0 Å². The summed E-state index contributed by atoms with van der Waals surface area (Å²) in [7, 11) is 1.31. The van der Waals surface area contributed by atoms with Gasteiger partial charge in [0.2, 0.25) is 0 Å². The van der Waals surface area contributed by atoms with Crippen LogP contribution in [0.3, 0.4) is 0 Å². The third-order valence-corrected chi connectivity index (χ3v) is 2.94. The van der Waals surface area contributed by atoms with Gasteiger partial charge < -0.3 is 9.47 Å². The van der Waals surface area contributed by atoms with Crippen LogP contribution in [0.4, 0.5) is 8.78 Å². The number of carbonyl (C=O) groups is 1. The van der Waals surface area contributed by atoms with Crippen LogP contribution >= 0.6 is 0 Å². The second kappa shape index (κ2) is 5.52. The highest BCUT2D eigenvalue weighted by atomic mass is 19.3. The van der Waals surface area contributed by atoms with E-state index in [9.17, 15) is 13.6 Å². The number of halogens is 2. The van der Waals surface area contributed by atoms with Gasteiger partial charge >= 0.3 is 5.97 Å². The Kier molecular flexibility index (Phi) is 3.99. The molecular formula is C13H15F2NO3. The average Bonchev–Trinajstić information content (AvgIpc) is 2.76. The number of ether oxygens (including phenoxy) is 2. The summed E-state index contributed by atoms with van der Waals surface area (Å²) in [5.74, 6) is -2.51. The van der Waals surface area contributed by atoms with Crippen molar-refractivity contribution in [3.8, 4) is 5.75 Å². The first kappa shape index (κ1) is 13.7. The summed E-state index contributed by atoms with van der Waals surface area (Å²) >= 11 is 0. The van der Waals surface area contributed by atoms with Gasteiger partial charge in [0.15, 0.2) is 0 Å². The lowest BCUT2D eigenvalue weighted by atomic mass is 10.2. The molecule has 6 heteroatoms. The predicted octanol–water partition coefficient (Wildman–Crippen LogP) is 2.15. The smallest absolute Gasteiger partial charge is 0.337 e. The molecule has 0 N–H and O–H groups in total. The Morgan fingerprint density at radius 3 is 2.58 bits per heavy atom. The molecule has 104 valence electrons. The molecule has 0 amide bonds. The molecule has 1 aromatic rings. The SMILES string of the molecule is COC(=O)c1ccc(OCN2CCC(F)(F)C2)cc1. The van der Waals surface area contributed by atoms with Gasteiger partial charge in [-0.2, -0.15) is 0 Å². The molecule has 0 aromatic heterocycles. The third kappa shape index (κ3) is 3.64. The third-order valence-electron chi connectivity index (χ3n) is 2.94. The number of nitrogens with zero attached hydrogens (tertiary/aromatic N) is 1. The first-order valence-corrected chi connectivity index (χ1v) is 5.91. The first-order valence-electron chi connectivity index (χ1n) is 5.91. The van der Waals surface area contributed by atoms with Crippen LogP contribution in [0.25, 0.3) is 0 Å². The number of hydrogen-bond donors (Lipinski definition) is 0. The van der Waals surface area contributed by atoms with E-state index >= 15 is 0 Å². The van der Waals surface area contributed by atoms with Crippen LogP contribution in [-0.2, 0) is 4.74 Å². The zero-order valence-corrected chi connectivity index (χ0v) is 10.6. The van der Waals surface area contributed by atoms with Crippen molar-refractivity contribution in [3.05, 3.63) is 29.8 Å². The highest BCUT2D eigenvalue weighted by molar-refractivity contribution is 5.89. The lowest BCUT2D eigenvalue weighted by molar-refractivity contribution is 0.00417. The van der Waals surface area contributed by atoms with E-state index in [4.69, 9.17) is 4.74 Å². The summed E-state index contributed by atoms with van der Waals surface area (Å²) < 4.78 is 35.9. The Hall–Kier alpha value is -1.69. The van der Waals surface area contributed by atoms with Gasteiger partial charge in [-0.15, -0.1) is 0 Å². The van der Waals surface area contributed by atoms with E-state index < -0.39 is 11.9 Å². The number of alkyl halides is 2. The molecule has 0 unspecified atom stereocenters. The maximum absolute atomic E-state index is 13.0. The molecule has 1 aliphatic heterocycles. The monoisotopic (exact) mass is 271 g/mol. The predicted molar refractivity (Wildman–Crippen MR) is 64.4 cm³/mol. The van der Waals surface area contributed by atoms with Crippen LogP contribution in [0.2, 0.25) is 0 Å². The fourth-order valence-electron chi connectivity index (χ4n) is 1.89. The molecule has 4 nitrogen and oxygen atoms in total. The summed E-state index contributed by atoms with van der Waals surface area (Å²) in [5, 5.41) is 0. The van der Waals surface area contributed by atoms with E-state index in [0.29, 0.717) is 17.9 Å². The molecule has 0 bridgehead atoms. The van der Waals surface area contributed by atoms with Gasteiger partial charge in [-0.25, -0.2) is 13.6 Å². The molecule has 1 heterocycles. The van der Waals surface area contributed by atoms with Gasteiger partial charge in [0.25, 0.3) is 5.92 Å². The molecule has 1 aliphatic rings. The quantitative estimate of drug-likeness (QED) is 0.787. The van der Waals surface area contributed by atoms with Crippen molar-refractivity contribution in [2.45, 2.75) is 12.3 Å². The Labute approximate surface area is 109 Å². The summed E-state index contributed by atoms with van der Waals surface area (Å²) in [6.45, 7) is 0.174. The van der Waals surface area contributed by atoms with E-state index in [-0.39, 0.29) is 19.7 Å². The molecule has 2 rings (SSSR count). The Morgan fingerprint density at radius 2 is 2.05 bits per heavy atom. The van der Waals surface area contributed by atoms with Crippen molar-refractivity contribution < 1.29 is 23.0 Å². The molecule has 19 heavy (non-hydrogen) atoms. The second-order valence-electron chi connectivity index (χ2n) is 4.45. The number of methoxy groups -OCH3 is 1. The highest BCUT2D eigenvalue weighted by Crippen LogP contribution is 2.26. The largest absolute Gasteiger partial charge is 0.478 e. The summed E-state index contributed by atoms with van der Waals surface area (Å²) in [6.07, 6.45) is -0.127. The molecule has 0 atom stereocenters. The van der Waals surface area contributed by atoms with E-state index in [1.807, 2.05) is 0 Å². The Balaban J connectivity index is 1.85. The Morgan fingerprint density at radius 1 is 1.37 bits per heavy atom. The number of benzene rings is 1. The standard InChI is InChI=1S/C13H15F2NO3/c1-18-12(17)10-2-4-11(5-3-10)19-9-16-7-6-13(14,15)8-16/h2-5H,6-9H2,1H3. The second-order valence-corrected chi connectivity index (χ2v) is 4.45. The van der Waals surface area contributed by atoms with Gasteiger partial charge in [-0.05, 0) is 24.3 Å². The Bertz CT molecular complexity index is 448. The van der Waals surface area contributed by atoms with Crippen molar-refractivity contribution in [1.82, 2.24) is 4.90 Å². The van der Waals surface area contributed by atoms with E-state index in [2.05, 4.69) is 4.74 Å². The fraction of sp³-hybridized carbons (Fsp3) is 0.462. The highest BCUT2D eigenvalue weighted by Gasteiger charge is 2.38. The van der Waals surface area contributed by atoms with E-state index in [0.717, 1.165) is 0 Å². The van der Waals surface area contributed by atoms with Gasteiger partial charge in [-0.1, -0.05) is 0 Å². The number of rotatable bonds is 4. The minimum absolute atomic E-state index is 0.118. The number of carbonyl (C=O) groups excluding carboxylic acids is 1. The molecule has 0 aliphatic carbocycles. The molecule has 1 fully saturated rings. The lowest BCUT2D eigenvalue weighted by Gasteiger charge is -2.16. The topological polar surface area (TPSA) is 38.8 Å². The molecule has 1 aromatic carbocycles. The maximum Gasteiger partial charge on any atom is 0.337 e. The first-order chi connectivity index (χ1) is 9.00. The summed E-state index contributed by atoms with van der Waals surface area (Å²) in [4.78, 5) is 12.8. The normalized spacial score (nSPS) is 18.3. The maximum atomic E-state index is 13.0. The van der Waals surface area contributed by atoms with Gasteiger partial charge in [0.05, 0.1) is 19.2 Å². The van der Waals surface area contributed by atoms with Crippen molar-refractivity contribution in [1.29, 1.82) is 0 Å². The van der Waals surface area contributed by atoms with Gasteiger partial charge in [0.1, 0.15) is 12.5 Å². The van der Waals surface area contributed by atoms with E-state index in [1.165, 1.54) is 7.11 Å². The molecule has 0 saturated carbocycles. The zero-order chi connectivity index (χ0) is 13.9. The fourth-order valence-corrected chi connectivity index (χ4v) is 1.89. The number of likely N-dealkylation sites (tertiary alicyclic amines) is 1. The van der Waals surface area contributed by atoms with Crippen molar-refractivity contribution in [2.24, 2.45) is 0 Å². The van der Waals surface area contributed by atoms with Crippen LogP contribution in [0.15, 0.2) is 24.3 Å². The zero-order valence-electron chi connectivity index (χ0n) is 10.6. The molecule has 1 saturated heterocycles. The minimum atomic E-state index is -2.61. The van der Waals surface area contributed by atoms with E-state index in [1.54, 1.807) is 29.2 Å². The van der Waals surface area contributed by atoms with Gasteiger partial charge in [-0.3, -0.25) is 4.90 Å². The number of hydrogen-bond acceptors (Lipinski definition) is 4. The van der Waals surface area contributed by atoms with Crippen molar-refractivity contribution in [3.63, 3.8) is 0 Å². The van der Waals surface area contributed by atoms with Crippen LogP contribution < -0.4 is 4.74 Å². The van der Waals surface area contributed by atoms with Crippen molar-refractivity contribution in [2.75, 3.05) is 26.9 Å². The van der Waals surface area contributed by atoms with Crippen molar-refractivity contribution >= 4 is 5.97 Å². The molecular weight excluding hydrogens is 256 g/mol. The van der Waals surface area contributed by atoms with Crippen LogP contribution in [0.5, 0.6) is 5.75 Å². The average molecular weight is 271 g/mol. The molecule has 0 radical (unpaired) electrons.